The van der Waals surface area contributed by atoms with Crippen LogP contribution in [-0.4, -0.2) is 59.9 Å². The van der Waals surface area contributed by atoms with Gasteiger partial charge in [-0.3, -0.25) is 9.89 Å². The predicted octanol–water partition coefficient (Wildman–Crippen LogP) is 4.07. The summed E-state index contributed by atoms with van der Waals surface area (Å²) in [6.45, 7) is 1.69. The highest BCUT2D eigenvalue weighted by molar-refractivity contribution is 8.00. The topological polar surface area (TPSA) is 92.1 Å². The van der Waals surface area contributed by atoms with Crippen LogP contribution >= 0.6 is 11.8 Å². The van der Waals surface area contributed by atoms with Gasteiger partial charge in [-0.05, 0) is 24.5 Å². The van der Waals surface area contributed by atoms with Crippen LogP contribution in [-0.2, 0) is 4.79 Å². The van der Waals surface area contributed by atoms with E-state index in [-0.39, 0.29) is 11.2 Å². The number of thioether (sulfide) groups is 1. The Labute approximate surface area is 201 Å². The van der Waals surface area contributed by atoms with Gasteiger partial charge in [-0.2, -0.15) is 14.9 Å². The molecule has 0 aliphatic carbocycles. The molecule has 6 rings (SSSR count). The zero-order chi connectivity index (χ0) is 22.9. The fraction of sp³-hybridized carbons (Fsp3) is 0.240. The lowest BCUT2D eigenvalue weighted by atomic mass is 10.0. The average molecular weight is 470 g/mol. The molecule has 4 aromatic rings. The maximum Gasteiger partial charge on any atom is 0.224 e. The molecule has 2 aromatic carbocycles. The van der Waals surface area contributed by atoms with Crippen LogP contribution in [0.5, 0.6) is 0 Å². The lowest BCUT2D eigenvalue weighted by Gasteiger charge is -2.25. The number of aromatic nitrogens is 5. The summed E-state index contributed by atoms with van der Waals surface area (Å²) in [4.78, 5) is 14.9. The van der Waals surface area contributed by atoms with Gasteiger partial charge in [0.2, 0.25) is 16.9 Å². The summed E-state index contributed by atoms with van der Waals surface area (Å²) in [7, 11) is 0. The molecule has 1 saturated heterocycles. The Hall–Kier alpha value is -3.72. The number of hydrogen-bond acceptors (Lipinski definition) is 6. The van der Waals surface area contributed by atoms with Crippen molar-refractivity contribution in [2.24, 2.45) is 5.10 Å². The van der Waals surface area contributed by atoms with Gasteiger partial charge < -0.3 is 4.90 Å². The molecule has 170 valence electrons. The Morgan fingerprint density at radius 2 is 1.68 bits per heavy atom. The molecule has 0 spiro atoms. The first kappa shape index (κ1) is 20.9. The Kier molecular flexibility index (Phi) is 5.46. The fourth-order valence-electron chi connectivity index (χ4n) is 4.39. The van der Waals surface area contributed by atoms with Crippen molar-refractivity contribution in [3.8, 4) is 22.8 Å². The molecule has 1 unspecified atom stereocenters. The van der Waals surface area contributed by atoms with E-state index in [0.717, 1.165) is 54.2 Å². The number of benzene rings is 2. The molecule has 34 heavy (non-hydrogen) atoms. The van der Waals surface area contributed by atoms with Crippen LogP contribution in [0.2, 0.25) is 0 Å². The first-order valence-corrected chi connectivity index (χ1v) is 12.3. The minimum absolute atomic E-state index is 0.123. The van der Waals surface area contributed by atoms with E-state index in [2.05, 4.69) is 20.4 Å². The molecule has 2 aromatic heterocycles. The molecule has 1 fully saturated rings. The maximum absolute atomic E-state index is 13.0. The van der Waals surface area contributed by atoms with E-state index in [4.69, 9.17) is 5.10 Å². The van der Waals surface area contributed by atoms with Crippen molar-refractivity contribution in [1.29, 1.82) is 0 Å². The normalized spacial score (nSPS) is 17.5. The van der Waals surface area contributed by atoms with Gasteiger partial charge in [0.05, 0.1) is 16.7 Å². The van der Waals surface area contributed by atoms with Crippen molar-refractivity contribution in [3.63, 3.8) is 0 Å². The number of carbonyl (C=O) groups excluding carboxylic acids is 1. The van der Waals surface area contributed by atoms with E-state index >= 15 is 0 Å². The largest absolute Gasteiger partial charge is 0.343 e. The highest BCUT2D eigenvalue weighted by atomic mass is 32.2. The number of amides is 1. The second-order valence-corrected chi connectivity index (χ2v) is 9.57. The summed E-state index contributed by atoms with van der Waals surface area (Å²) in [5, 5.41) is 21.9. The summed E-state index contributed by atoms with van der Waals surface area (Å²) in [6, 6.07) is 22.0. The van der Waals surface area contributed by atoms with Crippen molar-refractivity contribution in [2.75, 3.05) is 13.1 Å². The van der Waals surface area contributed by atoms with Gasteiger partial charge in [-0.15, -0.1) is 10.2 Å². The molecule has 1 N–H and O–H groups in total. The zero-order valence-electron chi connectivity index (χ0n) is 18.5. The number of aromatic amines is 1. The van der Waals surface area contributed by atoms with E-state index in [1.165, 1.54) is 0 Å². The SMILES string of the molecule is O=C(CC1Sc2nnc(-c3cc(-c4ccccc4)n[nH]3)n2N=C1c1ccccc1)N1CCCC1. The summed E-state index contributed by atoms with van der Waals surface area (Å²) >= 11 is 1.54. The minimum Gasteiger partial charge on any atom is -0.343 e. The minimum atomic E-state index is -0.123. The Balaban J connectivity index is 1.35. The van der Waals surface area contributed by atoms with Crippen LogP contribution in [0.4, 0.5) is 0 Å². The second-order valence-electron chi connectivity index (χ2n) is 8.40. The Bertz CT molecular complexity index is 1340. The van der Waals surface area contributed by atoms with Gasteiger partial charge in [0.15, 0.2) is 0 Å². The number of likely N-dealkylation sites (tertiary alicyclic amines) is 1. The summed E-state index contributed by atoms with van der Waals surface area (Å²) in [5.74, 6) is 0.767. The number of fused-ring (bicyclic) bond motifs is 1. The molecular weight excluding hydrogens is 446 g/mol. The highest BCUT2D eigenvalue weighted by Gasteiger charge is 2.33. The molecule has 9 heteroatoms. The van der Waals surface area contributed by atoms with Crippen LogP contribution in [0.15, 0.2) is 77.0 Å². The van der Waals surface area contributed by atoms with Crippen molar-refractivity contribution >= 4 is 23.4 Å². The van der Waals surface area contributed by atoms with E-state index in [1.807, 2.05) is 71.6 Å². The summed E-state index contributed by atoms with van der Waals surface area (Å²) in [5.41, 5.74) is 4.44. The molecule has 0 saturated carbocycles. The number of hydrogen-bond donors (Lipinski definition) is 1. The lowest BCUT2D eigenvalue weighted by Crippen LogP contribution is -2.34. The molecule has 1 amide bonds. The van der Waals surface area contributed by atoms with E-state index in [0.29, 0.717) is 17.4 Å². The first-order chi connectivity index (χ1) is 16.8. The van der Waals surface area contributed by atoms with Crippen LogP contribution < -0.4 is 0 Å². The number of H-pyrrole nitrogens is 1. The molecule has 2 aliphatic heterocycles. The van der Waals surface area contributed by atoms with Crippen LogP contribution in [0.25, 0.3) is 22.8 Å². The van der Waals surface area contributed by atoms with Crippen LogP contribution in [0.1, 0.15) is 24.8 Å². The van der Waals surface area contributed by atoms with Gasteiger partial charge in [0.25, 0.3) is 0 Å². The highest BCUT2D eigenvalue weighted by Crippen LogP contribution is 2.35. The van der Waals surface area contributed by atoms with Gasteiger partial charge in [0.1, 0.15) is 5.69 Å². The van der Waals surface area contributed by atoms with Gasteiger partial charge in [-0.1, -0.05) is 72.4 Å². The molecule has 8 nitrogen and oxygen atoms in total. The van der Waals surface area contributed by atoms with Crippen molar-refractivity contribution in [3.05, 3.63) is 72.3 Å². The first-order valence-electron chi connectivity index (χ1n) is 11.4. The van der Waals surface area contributed by atoms with Crippen molar-refractivity contribution in [2.45, 2.75) is 29.7 Å². The van der Waals surface area contributed by atoms with Crippen molar-refractivity contribution < 1.29 is 4.79 Å². The average Bonchev–Trinajstić information content (AvgIpc) is 3.65. The summed E-state index contributed by atoms with van der Waals surface area (Å²) < 4.78 is 1.76. The number of rotatable bonds is 5. The predicted molar refractivity (Wildman–Crippen MR) is 131 cm³/mol. The number of nitrogens with zero attached hydrogens (tertiary/aromatic N) is 6. The quantitative estimate of drug-likeness (QED) is 0.476. The molecule has 4 heterocycles. The molecule has 1 atom stereocenters. The maximum atomic E-state index is 13.0. The third kappa shape index (κ3) is 3.92. The molecule has 2 aliphatic rings. The standard InChI is InChI=1S/C25H23N7OS/c33-22(31-13-7-8-14-31)16-21-23(18-11-5-2-6-12-18)30-32-24(28-29-25(32)34-21)20-15-19(26-27-20)17-9-3-1-4-10-17/h1-6,9-12,15,21H,7-8,13-14,16H2,(H,26,27). The third-order valence-corrected chi connectivity index (χ3v) is 7.29. The van der Waals surface area contributed by atoms with E-state index < -0.39 is 0 Å². The van der Waals surface area contributed by atoms with Crippen LogP contribution in [0.3, 0.4) is 0 Å². The third-order valence-electron chi connectivity index (χ3n) is 6.15. The van der Waals surface area contributed by atoms with Crippen LogP contribution in [0, 0.1) is 0 Å². The Morgan fingerprint density at radius 3 is 2.41 bits per heavy atom. The van der Waals surface area contributed by atoms with Crippen molar-refractivity contribution in [1.82, 2.24) is 30.0 Å². The van der Waals surface area contributed by atoms with Gasteiger partial charge >= 0.3 is 0 Å². The monoisotopic (exact) mass is 469 g/mol. The summed E-state index contributed by atoms with van der Waals surface area (Å²) in [6.07, 6.45) is 2.55. The lowest BCUT2D eigenvalue weighted by molar-refractivity contribution is -0.129. The number of nitrogens with one attached hydrogen (secondary N) is 1. The second kappa shape index (κ2) is 8.90. The molecule has 0 radical (unpaired) electrons. The zero-order valence-corrected chi connectivity index (χ0v) is 19.3. The van der Waals surface area contributed by atoms with Gasteiger partial charge in [-0.25, -0.2) is 0 Å². The fourth-order valence-corrected chi connectivity index (χ4v) is 5.48. The smallest absolute Gasteiger partial charge is 0.224 e. The molecular formula is C25H23N7OS. The Morgan fingerprint density at radius 1 is 0.971 bits per heavy atom. The van der Waals surface area contributed by atoms with E-state index in [9.17, 15) is 4.79 Å². The number of carbonyl (C=O) groups is 1. The van der Waals surface area contributed by atoms with E-state index in [1.54, 1.807) is 16.4 Å². The van der Waals surface area contributed by atoms with Gasteiger partial charge in [0, 0.05) is 25.1 Å². The molecule has 0 bridgehead atoms.